The van der Waals surface area contributed by atoms with Crippen LogP contribution < -0.4 is 16.2 Å². The number of hydrogen-bond acceptors (Lipinski definition) is 6. The van der Waals surface area contributed by atoms with Crippen LogP contribution in [0.25, 0.3) is 10.9 Å². The van der Waals surface area contributed by atoms with Crippen LogP contribution in [0.3, 0.4) is 0 Å². The second-order valence-corrected chi connectivity index (χ2v) is 9.70. The van der Waals surface area contributed by atoms with Crippen molar-refractivity contribution in [3.8, 4) is 5.75 Å². The van der Waals surface area contributed by atoms with E-state index in [9.17, 15) is 37.4 Å². The molecule has 3 aromatic rings. The molecular formula is C27H30F4N4O4. The van der Waals surface area contributed by atoms with Crippen LogP contribution in [-0.2, 0) is 17.5 Å². The van der Waals surface area contributed by atoms with Crippen molar-refractivity contribution in [1.29, 1.82) is 0 Å². The van der Waals surface area contributed by atoms with E-state index in [2.05, 4.69) is 20.5 Å². The van der Waals surface area contributed by atoms with Crippen molar-refractivity contribution in [3.05, 3.63) is 75.3 Å². The predicted molar refractivity (Wildman–Crippen MR) is 137 cm³/mol. The van der Waals surface area contributed by atoms with E-state index >= 15 is 0 Å². The van der Waals surface area contributed by atoms with Crippen molar-refractivity contribution in [2.75, 3.05) is 26.2 Å². The van der Waals surface area contributed by atoms with Gasteiger partial charge in [0.25, 0.3) is 0 Å². The Morgan fingerprint density at radius 3 is 2.59 bits per heavy atom. The van der Waals surface area contributed by atoms with Gasteiger partial charge < -0.3 is 30.7 Å². The fourth-order valence-electron chi connectivity index (χ4n) is 4.76. The summed E-state index contributed by atoms with van der Waals surface area (Å²) in [6.45, 7) is 2.02. The van der Waals surface area contributed by atoms with E-state index in [-0.39, 0.29) is 53.8 Å². The monoisotopic (exact) mass is 550 g/mol. The molecule has 1 amide bonds. The van der Waals surface area contributed by atoms with E-state index < -0.39 is 23.7 Å². The normalized spacial score (nSPS) is 15.9. The van der Waals surface area contributed by atoms with Crippen LogP contribution >= 0.6 is 0 Å². The Morgan fingerprint density at radius 1 is 1.13 bits per heavy atom. The standard InChI is InChI=1S/C27H30F4N4O4/c28-18-12-16(11-17(13-18)27(29,30)31)14-33-24(38)7-10-35-8-5-19(6-9-35)32-15-23(37)20-1-3-22(36)26-21(20)2-4-25(39)34-26/h1-4,11-13,19,23,32,36-37H,5-10,14-15H2,(H,33,38)(H,34,39)/t23-/m0/s1. The zero-order valence-electron chi connectivity index (χ0n) is 21.0. The number of piperidine rings is 1. The van der Waals surface area contributed by atoms with Gasteiger partial charge in [-0.05, 0) is 67.4 Å². The van der Waals surface area contributed by atoms with Gasteiger partial charge in [0, 0.05) is 43.5 Å². The van der Waals surface area contributed by atoms with E-state index in [4.69, 9.17) is 0 Å². The third-order valence-corrected chi connectivity index (χ3v) is 6.88. The minimum Gasteiger partial charge on any atom is -0.506 e. The van der Waals surface area contributed by atoms with Gasteiger partial charge in [0.1, 0.15) is 11.6 Å². The van der Waals surface area contributed by atoms with Gasteiger partial charge in [0.2, 0.25) is 11.5 Å². The van der Waals surface area contributed by atoms with E-state index in [1.54, 1.807) is 12.1 Å². The van der Waals surface area contributed by atoms with Crippen molar-refractivity contribution in [2.24, 2.45) is 0 Å². The summed E-state index contributed by atoms with van der Waals surface area (Å²) < 4.78 is 52.1. The lowest BCUT2D eigenvalue weighted by Crippen LogP contribution is -2.44. The number of pyridine rings is 1. The number of nitrogens with one attached hydrogen (secondary N) is 3. The summed E-state index contributed by atoms with van der Waals surface area (Å²) in [5, 5.41) is 27.2. The summed E-state index contributed by atoms with van der Waals surface area (Å²) in [5.74, 6) is -1.42. The number of amides is 1. The number of aromatic hydroxyl groups is 1. The molecule has 1 aliphatic heterocycles. The molecule has 5 N–H and O–H groups in total. The highest BCUT2D eigenvalue weighted by Crippen LogP contribution is 2.31. The minimum absolute atomic E-state index is 0.0401. The number of nitrogens with zero attached hydrogens (tertiary/aromatic N) is 1. The maximum absolute atomic E-state index is 13.5. The number of phenols is 1. The number of alkyl halides is 3. The Hall–Kier alpha value is -3.48. The van der Waals surface area contributed by atoms with Crippen molar-refractivity contribution < 1.29 is 32.6 Å². The van der Waals surface area contributed by atoms with Crippen LogP contribution in [0.15, 0.2) is 47.3 Å². The Bertz CT molecular complexity index is 1370. The fraction of sp³-hybridized carbons (Fsp3) is 0.407. The van der Waals surface area contributed by atoms with Gasteiger partial charge >= 0.3 is 6.18 Å². The van der Waals surface area contributed by atoms with Gasteiger partial charge in [-0.2, -0.15) is 13.2 Å². The molecule has 8 nitrogen and oxygen atoms in total. The molecule has 0 bridgehead atoms. The van der Waals surface area contributed by atoms with Crippen LogP contribution in [0.5, 0.6) is 5.75 Å². The van der Waals surface area contributed by atoms with Crippen LogP contribution in [0.4, 0.5) is 17.6 Å². The number of phenolic OH excluding ortho intramolecular Hbond substituents is 1. The number of likely N-dealkylation sites (tertiary alicyclic amines) is 1. The number of carbonyl (C=O) groups is 1. The van der Waals surface area contributed by atoms with Gasteiger partial charge in [-0.25, -0.2) is 4.39 Å². The maximum Gasteiger partial charge on any atom is 0.416 e. The molecule has 0 aliphatic carbocycles. The smallest absolute Gasteiger partial charge is 0.416 e. The minimum atomic E-state index is -4.67. The van der Waals surface area contributed by atoms with Crippen LogP contribution in [0, 0.1) is 5.82 Å². The first-order valence-electron chi connectivity index (χ1n) is 12.6. The number of fused-ring (bicyclic) bond motifs is 1. The van der Waals surface area contributed by atoms with Crippen molar-refractivity contribution in [3.63, 3.8) is 0 Å². The zero-order chi connectivity index (χ0) is 28.2. The third kappa shape index (κ3) is 7.55. The number of aromatic amines is 1. The second-order valence-electron chi connectivity index (χ2n) is 9.70. The first kappa shape index (κ1) is 28.5. The average molecular weight is 551 g/mol. The Balaban J connectivity index is 1.19. The first-order valence-corrected chi connectivity index (χ1v) is 12.6. The molecule has 2 heterocycles. The van der Waals surface area contributed by atoms with E-state index in [1.165, 1.54) is 12.1 Å². The maximum atomic E-state index is 13.5. The Morgan fingerprint density at radius 2 is 1.87 bits per heavy atom. The lowest BCUT2D eigenvalue weighted by atomic mass is 10.0. The number of aliphatic hydroxyl groups excluding tert-OH is 1. The molecule has 1 aromatic heterocycles. The summed E-state index contributed by atoms with van der Waals surface area (Å²) in [4.78, 5) is 28.5. The summed E-state index contributed by atoms with van der Waals surface area (Å²) >= 11 is 0. The largest absolute Gasteiger partial charge is 0.506 e. The summed E-state index contributed by atoms with van der Waals surface area (Å²) in [6.07, 6.45) is -3.77. The predicted octanol–water partition coefficient (Wildman–Crippen LogP) is 3.19. The number of hydrogen-bond donors (Lipinski definition) is 5. The van der Waals surface area contributed by atoms with Crippen LogP contribution in [0.1, 0.15) is 42.1 Å². The number of aliphatic hydroxyl groups is 1. The van der Waals surface area contributed by atoms with Gasteiger partial charge in [-0.15, -0.1) is 0 Å². The molecule has 2 aromatic carbocycles. The lowest BCUT2D eigenvalue weighted by molar-refractivity contribution is -0.137. The molecule has 12 heteroatoms. The Kier molecular flexibility index (Phi) is 8.88. The fourth-order valence-corrected chi connectivity index (χ4v) is 4.76. The average Bonchev–Trinajstić information content (AvgIpc) is 2.89. The highest BCUT2D eigenvalue weighted by molar-refractivity contribution is 5.87. The highest BCUT2D eigenvalue weighted by atomic mass is 19.4. The summed E-state index contributed by atoms with van der Waals surface area (Å²) in [7, 11) is 0. The molecule has 0 spiro atoms. The van der Waals surface area contributed by atoms with E-state index in [0.717, 1.165) is 38.1 Å². The molecule has 0 unspecified atom stereocenters. The second kappa shape index (κ2) is 12.1. The molecular weight excluding hydrogens is 520 g/mol. The van der Waals surface area contributed by atoms with E-state index in [0.29, 0.717) is 23.6 Å². The number of aromatic nitrogens is 1. The SMILES string of the molecule is O=C(CCN1CCC(NC[C@H](O)c2ccc(O)c3[nH]c(=O)ccc23)CC1)NCc1cc(F)cc(C(F)(F)F)c1. The van der Waals surface area contributed by atoms with Crippen LogP contribution in [-0.4, -0.2) is 58.2 Å². The highest BCUT2D eigenvalue weighted by Gasteiger charge is 2.31. The molecule has 1 saturated heterocycles. The van der Waals surface area contributed by atoms with Crippen molar-refractivity contribution in [2.45, 2.75) is 44.1 Å². The van der Waals surface area contributed by atoms with E-state index in [1.807, 2.05) is 0 Å². The molecule has 1 atom stereocenters. The number of benzene rings is 2. The molecule has 0 radical (unpaired) electrons. The summed E-state index contributed by atoms with van der Waals surface area (Å²) in [6, 6.07) is 8.33. The molecule has 210 valence electrons. The topological polar surface area (TPSA) is 118 Å². The number of carbonyl (C=O) groups excluding carboxylic acids is 1. The molecule has 1 fully saturated rings. The molecule has 1 aliphatic rings. The van der Waals surface area contributed by atoms with Gasteiger partial charge in [0.15, 0.2) is 0 Å². The first-order chi connectivity index (χ1) is 18.5. The third-order valence-electron chi connectivity index (χ3n) is 6.88. The van der Waals surface area contributed by atoms with Crippen molar-refractivity contribution in [1.82, 2.24) is 20.5 Å². The molecule has 39 heavy (non-hydrogen) atoms. The van der Waals surface area contributed by atoms with Crippen molar-refractivity contribution >= 4 is 16.8 Å². The molecule has 0 saturated carbocycles. The quantitative estimate of drug-likeness (QED) is 0.261. The number of H-pyrrole nitrogens is 1. The van der Waals surface area contributed by atoms with Gasteiger partial charge in [-0.1, -0.05) is 6.07 Å². The lowest BCUT2D eigenvalue weighted by Gasteiger charge is -2.32. The Labute approximate surface area is 221 Å². The van der Waals surface area contributed by atoms with Gasteiger partial charge in [0.05, 0.1) is 17.2 Å². The molecule has 4 rings (SSSR count). The van der Waals surface area contributed by atoms with Gasteiger partial charge in [-0.3, -0.25) is 9.59 Å². The summed E-state index contributed by atoms with van der Waals surface area (Å²) in [5.41, 5.74) is -0.541. The zero-order valence-corrected chi connectivity index (χ0v) is 21.0. The number of halogens is 4. The number of rotatable bonds is 9. The van der Waals surface area contributed by atoms with Crippen LogP contribution in [0.2, 0.25) is 0 Å².